The Morgan fingerprint density at radius 3 is 2.50 bits per heavy atom. The van der Waals surface area contributed by atoms with E-state index in [2.05, 4.69) is 25.2 Å². The first kappa shape index (κ1) is 20.7. The van der Waals surface area contributed by atoms with E-state index in [4.69, 9.17) is 4.74 Å². The van der Waals surface area contributed by atoms with E-state index in [-0.39, 0.29) is 29.4 Å². The number of nitrogens with one attached hydrogen (secondary N) is 1. The van der Waals surface area contributed by atoms with Crippen LogP contribution in [-0.2, 0) is 9.59 Å². The second kappa shape index (κ2) is 8.54. The number of carbonyl (C=O) groups is 2. The molecule has 154 valence electrons. The predicted molar refractivity (Wildman–Crippen MR) is 110 cm³/mol. The molecule has 2 aliphatic heterocycles. The topological polar surface area (TPSA) is 58.6 Å². The smallest absolute Gasteiger partial charge is 0.222 e. The third kappa shape index (κ3) is 4.86. The fraction of sp³-hybridized carbons (Fsp3) is 0.652. The van der Waals surface area contributed by atoms with Crippen LogP contribution in [0.4, 0.5) is 0 Å². The highest BCUT2D eigenvalue weighted by Gasteiger charge is 2.44. The normalized spacial score (nSPS) is 20.8. The first-order valence-corrected chi connectivity index (χ1v) is 10.6. The molecule has 28 heavy (non-hydrogen) atoms. The van der Waals surface area contributed by atoms with Crippen LogP contribution in [0.15, 0.2) is 24.3 Å². The molecular weight excluding hydrogens is 352 g/mol. The third-order valence-electron chi connectivity index (χ3n) is 5.80. The lowest BCUT2D eigenvalue weighted by atomic mass is 9.76. The maximum Gasteiger partial charge on any atom is 0.222 e. The summed E-state index contributed by atoms with van der Waals surface area (Å²) in [6.07, 6.45) is 3.58. The van der Waals surface area contributed by atoms with Gasteiger partial charge in [-0.2, -0.15) is 0 Å². The number of nitrogens with zero attached hydrogens (tertiary/aromatic N) is 1. The Morgan fingerprint density at radius 1 is 1.18 bits per heavy atom. The first-order valence-electron chi connectivity index (χ1n) is 10.6. The summed E-state index contributed by atoms with van der Waals surface area (Å²) in [5, 5.41) is 3.02. The molecule has 0 radical (unpaired) electrons. The van der Waals surface area contributed by atoms with E-state index >= 15 is 0 Å². The molecule has 0 aromatic heterocycles. The van der Waals surface area contributed by atoms with E-state index in [1.165, 1.54) is 0 Å². The highest BCUT2D eigenvalue weighted by atomic mass is 16.5. The Labute approximate surface area is 168 Å². The maximum absolute atomic E-state index is 12.4. The highest BCUT2D eigenvalue weighted by molar-refractivity contribution is 5.77. The van der Waals surface area contributed by atoms with Crippen molar-refractivity contribution in [3.05, 3.63) is 29.8 Å². The minimum Gasteiger partial charge on any atom is -0.487 e. The second-order valence-electron chi connectivity index (χ2n) is 9.13. The largest absolute Gasteiger partial charge is 0.487 e. The van der Waals surface area contributed by atoms with Gasteiger partial charge in [0.1, 0.15) is 11.4 Å². The number of hydrogen-bond acceptors (Lipinski definition) is 3. The van der Waals surface area contributed by atoms with Gasteiger partial charge in [0.05, 0.1) is 0 Å². The Hall–Kier alpha value is -2.04. The summed E-state index contributed by atoms with van der Waals surface area (Å²) in [6.45, 7) is 9.61. The van der Waals surface area contributed by atoms with E-state index in [0.717, 1.165) is 43.7 Å². The average molecular weight is 387 g/mol. The molecule has 1 atom stereocenters. The van der Waals surface area contributed by atoms with Gasteiger partial charge >= 0.3 is 0 Å². The van der Waals surface area contributed by atoms with E-state index < -0.39 is 0 Å². The lowest BCUT2D eigenvalue weighted by molar-refractivity contribution is -0.136. The van der Waals surface area contributed by atoms with Gasteiger partial charge in [0.25, 0.3) is 0 Å². The molecular formula is C23H34N2O3. The Bertz CT molecular complexity index is 706. The fourth-order valence-electron chi connectivity index (χ4n) is 4.48. The molecule has 2 amide bonds. The van der Waals surface area contributed by atoms with Crippen LogP contribution in [0.1, 0.15) is 71.3 Å². The molecule has 1 fully saturated rings. The molecule has 2 aliphatic rings. The van der Waals surface area contributed by atoms with Gasteiger partial charge in [0.2, 0.25) is 11.8 Å². The zero-order valence-corrected chi connectivity index (χ0v) is 17.7. The van der Waals surface area contributed by atoms with E-state index in [0.29, 0.717) is 18.8 Å². The van der Waals surface area contributed by atoms with Crippen LogP contribution in [-0.4, -0.2) is 41.4 Å². The van der Waals surface area contributed by atoms with Crippen LogP contribution in [0.5, 0.6) is 5.75 Å². The van der Waals surface area contributed by atoms with Crippen molar-refractivity contribution in [1.82, 2.24) is 10.2 Å². The summed E-state index contributed by atoms with van der Waals surface area (Å²) in [6, 6.07) is 8.24. The predicted octanol–water partition coefficient (Wildman–Crippen LogP) is 3.87. The average Bonchev–Trinajstić information content (AvgIpc) is 2.61. The van der Waals surface area contributed by atoms with Crippen molar-refractivity contribution in [1.29, 1.82) is 0 Å². The van der Waals surface area contributed by atoms with Crippen LogP contribution in [0.25, 0.3) is 0 Å². The fourth-order valence-corrected chi connectivity index (χ4v) is 4.48. The number of piperidine rings is 1. The van der Waals surface area contributed by atoms with Crippen molar-refractivity contribution in [3.8, 4) is 5.75 Å². The number of fused-ring (bicyclic) bond motifs is 1. The Kier molecular flexibility index (Phi) is 6.31. The van der Waals surface area contributed by atoms with Crippen LogP contribution >= 0.6 is 0 Å². The van der Waals surface area contributed by atoms with Gasteiger partial charge in [0.15, 0.2) is 0 Å². The molecule has 0 bridgehead atoms. The number of carbonyl (C=O) groups excluding carboxylic acids is 2. The molecule has 0 saturated carbocycles. The zero-order valence-electron chi connectivity index (χ0n) is 17.7. The number of amides is 2. The summed E-state index contributed by atoms with van der Waals surface area (Å²) < 4.78 is 6.49. The number of para-hydroxylation sites is 1. The van der Waals surface area contributed by atoms with Gasteiger partial charge < -0.3 is 15.0 Å². The highest BCUT2D eigenvalue weighted by Crippen LogP contribution is 2.46. The summed E-state index contributed by atoms with van der Waals surface area (Å²) in [4.78, 5) is 26.8. The standard InChI is InChI=1S/C23H34N2O3/c1-16(2)13-22(27)25-11-9-23(10-12-25)15-18(14-21(26)24-17(3)4)19-7-5-6-8-20(19)28-23/h5-8,16-18H,9-15H2,1-4H3,(H,24,26)/t18-/m0/s1. The quantitative estimate of drug-likeness (QED) is 0.836. The molecule has 0 unspecified atom stereocenters. The van der Waals surface area contributed by atoms with Crippen molar-refractivity contribution in [3.63, 3.8) is 0 Å². The molecule has 5 heteroatoms. The summed E-state index contributed by atoms with van der Waals surface area (Å²) in [5.41, 5.74) is 0.858. The van der Waals surface area contributed by atoms with Crippen molar-refractivity contribution in [2.75, 3.05) is 13.1 Å². The lowest BCUT2D eigenvalue weighted by Crippen LogP contribution is -2.52. The van der Waals surface area contributed by atoms with Crippen LogP contribution in [0, 0.1) is 5.92 Å². The van der Waals surface area contributed by atoms with Crippen LogP contribution < -0.4 is 10.1 Å². The van der Waals surface area contributed by atoms with Crippen LogP contribution in [0.2, 0.25) is 0 Å². The van der Waals surface area contributed by atoms with Gasteiger partial charge in [-0.05, 0) is 37.8 Å². The van der Waals surface area contributed by atoms with Crippen molar-refractivity contribution in [2.45, 2.75) is 77.4 Å². The molecule has 2 heterocycles. The van der Waals surface area contributed by atoms with E-state index in [1.54, 1.807) is 0 Å². The summed E-state index contributed by atoms with van der Waals surface area (Å²) in [5.74, 6) is 1.77. The SMILES string of the molecule is CC(C)CC(=O)N1CCC2(CC1)C[C@H](CC(=O)NC(C)C)c1ccccc1O2. The molecule has 1 spiro atoms. The van der Waals surface area contributed by atoms with Crippen molar-refractivity contribution < 1.29 is 14.3 Å². The lowest BCUT2D eigenvalue weighted by Gasteiger charge is -2.47. The van der Waals surface area contributed by atoms with E-state index in [9.17, 15) is 9.59 Å². The second-order valence-corrected chi connectivity index (χ2v) is 9.13. The van der Waals surface area contributed by atoms with Crippen LogP contribution in [0.3, 0.4) is 0 Å². The van der Waals surface area contributed by atoms with Gasteiger partial charge in [-0.15, -0.1) is 0 Å². The van der Waals surface area contributed by atoms with E-state index in [1.807, 2.05) is 36.9 Å². The number of likely N-dealkylation sites (tertiary alicyclic amines) is 1. The molecule has 5 nitrogen and oxygen atoms in total. The molecule has 1 saturated heterocycles. The summed E-state index contributed by atoms with van der Waals surface area (Å²) in [7, 11) is 0. The first-order chi connectivity index (χ1) is 13.3. The maximum atomic E-state index is 12.4. The minimum absolute atomic E-state index is 0.0939. The third-order valence-corrected chi connectivity index (χ3v) is 5.80. The van der Waals surface area contributed by atoms with Gasteiger partial charge in [-0.3, -0.25) is 9.59 Å². The number of rotatable bonds is 5. The molecule has 0 aliphatic carbocycles. The Balaban J connectivity index is 1.72. The molecule has 1 aromatic rings. The van der Waals surface area contributed by atoms with Crippen molar-refractivity contribution >= 4 is 11.8 Å². The number of ether oxygens (including phenoxy) is 1. The summed E-state index contributed by atoms with van der Waals surface area (Å²) >= 11 is 0. The monoisotopic (exact) mass is 386 g/mol. The molecule has 3 rings (SSSR count). The molecule has 1 aromatic carbocycles. The van der Waals surface area contributed by atoms with Crippen molar-refractivity contribution in [2.24, 2.45) is 5.92 Å². The van der Waals surface area contributed by atoms with Gasteiger partial charge in [-0.25, -0.2) is 0 Å². The zero-order chi connectivity index (χ0) is 20.3. The number of benzene rings is 1. The minimum atomic E-state index is -0.272. The number of hydrogen-bond donors (Lipinski definition) is 1. The van der Waals surface area contributed by atoms with Gasteiger partial charge in [-0.1, -0.05) is 32.0 Å². The Morgan fingerprint density at radius 2 is 1.86 bits per heavy atom. The van der Waals surface area contributed by atoms with Gasteiger partial charge in [0, 0.05) is 50.7 Å². The molecule has 1 N–H and O–H groups in total.